The highest BCUT2D eigenvalue weighted by atomic mass is 16.3. The van der Waals surface area contributed by atoms with Crippen molar-refractivity contribution in [1.82, 2.24) is 10.2 Å². The molecular formula is C10H20N2O. The SMILES string of the molecule is CN(C)CC1(O)CC2CCC(C1)N2. The van der Waals surface area contributed by atoms with E-state index in [1.165, 1.54) is 12.8 Å². The van der Waals surface area contributed by atoms with Gasteiger partial charge in [0.1, 0.15) is 0 Å². The molecule has 13 heavy (non-hydrogen) atoms. The van der Waals surface area contributed by atoms with Crippen LogP contribution in [0.1, 0.15) is 25.7 Å². The van der Waals surface area contributed by atoms with Gasteiger partial charge in [-0.1, -0.05) is 0 Å². The minimum atomic E-state index is -0.430. The van der Waals surface area contributed by atoms with E-state index in [1.807, 2.05) is 14.1 Å². The van der Waals surface area contributed by atoms with Crippen LogP contribution >= 0.6 is 0 Å². The van der Waals surface area contributed by atoms with Crippen molar-refractivity contribution in [3.8, 4) is 0 Å². The van der Waals surface area contributed by atoms with Gasteiger partial charge in [-0.05, 0) is 39.8 Å². The van der Waals surface area contributed by atoms with Crippen molar-refractivity contribution in [3.05, 3.63) is 0 Å². The number of hydrogen-bond donors (Lipinski definition) is 2. The summed E-state index contributed by atoms with van der Waals surface area (Å²) in [4.78, 5) is 2.09. The summed E-state index contributed by atoms with van der Waals surface area (Å²) in [6.45, 7) is 0.807. The molecule has 76 valence electrons. The first-order valence-corrected chi connectivity index (χ1v) is 5.21. The summed E-state index contributed by atoms with van der Waals surface area (Å²) < 4.78 is 0. The first-order chi connectivity index (χ1) is 6.07. The topological polar surface area (TPSA) is 35.5 Å². The van der Waals surface area contributed by atoms with Crippen LogP contribution in [0.25, 0.3) is 0 Å². The molecule has 2 bridgehead atoms. The normalized spacial score (nSPS) is 44.3. The third-order valence-corrected chi connectivity index (χ3v) is 3.20. The molecule has 3 heteroatoms. The van der Waals surface area contributed by atoms with Crippen molar-refractivity contribution in [3.63, 3.8) is 0 Å². The first-order valence-electron chi connectivity index (χ1n) is 5.21. The van der Waals surface area contributed by atoms with E-state index in [2.05, 4.69) is 10.2 Å². The molecule has 0 radical (unpaired) electrons. The van der Waals surface area contributed by atoms with E-state index in [4.69, 9.17) is 0 Å². The summed E-state index contributed by atoms with van der Waals surface area (Å²) in [6, 6.07) is 1.15. The fourth-order valence-corrected chi connectivity index (χ4v) is 2.94. The van der Waals surface area contributed by atoms with Gasteiger partial charge in [-0.2, -0.15) is 0 Å². The van der Waals surface area contributed by atoms with Crippen molar-refractivity contribution in [2.45, 2.75) is 43.4 Å². The fraction of sp³-hybridized carbons (Fsp3) is 1.00. The molecule has 0 aromatic rings. The molecule has 2 aliphatic rings. The molecule has 2 unspecified atom stereocenters. The van der Waals surface area contributed by atoms with E-state index in [1.54, 1.807) is 0 Å². The lowest BCUT2D eigenvalue weighted by Crippen LogP contribution is -2.52. The summed E-state index contributed by atoms with van der Waals surface area (Å²) in [5, 5.41) is 13.9. The number of aliphatic hydroxyl groups is 1. The highest BCUT2D eigenvalue weighted by Gasteiger charge is 2.42. The van der Waals surface area contributed by atoms with Gasteiger partial charge in [-0.3, -0.25) is 0 Å². The molecule has 0 aromatic heterocycles. The first kappa shape index (κ1) is 9.44. The predicted molar refractivity (Wildman–Crippen MR) is 52.7 cm³/mol. The molecule has 2 heterocycles. The Labute approximate surface area is 80.1 Å². The van der Waals surface area contributed by atoms with Crippen LogP contribution in [0.5, 0.6) is 0 Å². The summed E-state index contributed by atoms with van der Waals surface area (Å²) in [5.74, 6) is 0. The standard InChI is InChI=1S/C10H20N2O/c1-12(2)7-10(13)5-8-3-4-9(6-10)11-8/h8-9,11,13H,3-7H2,1-2H3. The zero-order valence-corrected chi connectivity index (χ0v) is 8.58. The van der Waals surface area contributed by atoms with E-state index in [0.29, 0.717) is 12.1 Å². The number of piperidine rings is 1. The van der Waals surface area contributed by atoms with Crippen LogP contribution < -0.4 is 5.32 Å². The molecule has 2 aliphatic heterocycles. The van der Waals surface area contributed by atoms with Gasteiger partial charge in [-0.25, -0.2) is 0 Å². The van der Waals surface area contributed by atoms with Crippen LogP contribution in [-0.2, 0) is 0 Å². The van der Waals surface area contributed by atoms with Crippen molar-refractivity contribution in [2.75, 3.05) is 20.6 Å². The summed E-state index contributed by atoms with van der Waals surface area (Å²) in [6.07, 6.45) is 4.37. The largest absolute Gasteiger partial charge is 0.388 e. The van der Waals surface area contributed by atoms with Crippen molar-refractivity contribution >= 4 is 0 Å². The minimum Gasteiger partial charge on any atom is -0.388 e. The Kier molecular flexibility index (Phi) is 2.34. The molecule has 0 amide bonds. The van der Waals surface area contributed by atoms with Gasteiger partial charge >= 0.3 is 0 Å². The van der Waals surface area contributed by atoms with Gasteiger partial charge in [0.2, 0.25) is 0 Å². The molecule has 2 saturated heterocycles. The van der Waals surface area contributed by atoms with E-state index < -0.39 is 5.60 Å². The lowest BCUT2D eigenvalue weighted by Gasteiger charge is -2.38. The Morgan fingerprint density at radius 2 is 1.85 bits per heavy atom. The van der Waals surface area contributed by atoms with E-state index in [0.717, 1.165) is 19.4 Å². The number of rotatable bonds is 2. The van der Waals surface area contributed by atoms with Gasteiger partial charge in [0, 0.05) is 18.6 Å². The lowest BCUT2D eigenvalue weighted by atomic mass is 9.87. The predicted octanol–water partition coefficient (Wildman–Crippen LogP) is 0.193. The number of nitrogens with one attached hydrogen (secondary N) is 1. The molecule has 2 N–H and O–H groups in total. The van der Waals surface area contributed by atoms with Gasteiger partial charge < -0.3 is 15.3 Å². The quantitative estimate of drug-likeness (QED) is 0.643. The average molecular weight is 184 g/mol. The molecule has 0 spiro atoms. The Morgan fingerprint density at radius 1 is 1.31 bits per heavy atom. The average Bonchev–Trinajstić information content (AvgIpc) is 2.27. The van der Waals surface area contributed by atoms with Gasteiger partial charge in [0.25, 0.3) is 0 Å². The molecule has 3 nitrogen and oxygen atoms in total. The third kappa shape index (κ3) is 2.03. The lowest BCUT2D eigenvalue weighted by molar-refractivity contribution is -0.0252. The van der Waals surface area contributed by atoms with Crippen molar-refractivity contribution < 1.29 is 5.11 Å². The van der Waals surface area contributed by atoms with Crippen LogP contribution in [-0.4, -0.2) is 48.3 Å². The summed E-state index contributed by atoms with van der Waals surface area (Å²) >= 11 is 0. The number of fused-ring (bicyclic) bond motifs is 2. The van der Waals surface area contributed by atoms with Gasteiger partial charge in [0.15, 0.2) is 0 Å². The number of likely N-dealkylation sites (N-methyl/N-ethyl adjacent to an activating group) is 1. The second-order valence-corrected chi connectivity index (χ2v) is 5.01. The summed E-state index contributed by atoms with van der Waals surface area (Å²) in [7, 11) is 4.06. The minimum absolute atomic E-state index is 0.430. The maximum atomic E-state index is 10.3. The molecule has 0 aliphatic carbocycles. The van der Waals surface area contributed by atoms with E-state index >= 15 is 0 Å². The van der Waals surface area contributed by atoms with Crippen molar-refractivity contribution in [1.29, 1.82) is 0 Å². The van der Waals surface area contributed by atoms with Crippen LogP contribution in [0, 0.1) is 0 Å². The van der Waals surface area contributed by atoms with E-state index in [9.17, 15) is 5.11 Å². The fourth-order valence-electron chi connectivity index (χ4n) is 2.94. The monoisotopic (exact) mass is 184 g/mol. The van der Waals surface area contributed by atoms with Crippen LogP contribution in [0.4, 0.5) is 0 Å². The molecule has 0 aromatic carbocycles. The Hall–Kier alpha value is -0.120. The second-order valence-electron chi connectivity index (χ2n) is 5.01. The van der Waals surface area contributed by atoms with Crippen LogP contribution in [0.3, 0.4) is 0 Å². The van der Waals surface area contributed by atoms with E-state index in [-0.39, 0.29) is 0 Å². The van der Waals surface area contributed by atoms with Gasteiger partial charge in [-0.15, -0.1) is 0 Å². The summed E-state index contributed by atoms with van der Waals surface area (Å²) in [5.41, 5.74) is -0.430. The molecule has 0 saturated carbocycles. The smallest absolute Gasteiger partial charge is 0.0803 e. The maximum absolute atomic E-state index is 10.3. The van der Waals surface area contributed by atoms with Crippen LogP contribution in [0.2, 0.25) is 0 Å². The van der Waals surface area contributed by atoms with Gasteiger partial charge in [0.05, 0.1) is 5.60 Å². The third-order valence-electron chi connectivity index (χ3n) is 3.20. The Morgan fingerprint density at radius 3 is 2.31 bits per heavy atom. The molecule has 2 fully saturated rings. The zero-order valence-electron chi connectivity index (χ0n) is 8.58. The zero-order chi connectivity index (χ0) is 9.47. The molecule has 2 rings (SSSR count). The Balaban J connectivity index is 1.99. The van der Waals surface area contributed by atoms with Crippen LogP contribution in [0.15, 0.2) is 0 Å². The second kappa shape index (κ2) is 3.23. The van der Waals surface area contributed by atoms with Crippen molar-refractivity contribution in [2.24, 2.45) is 0 Å². The molecule has 2 atom stereocenters. The number of hydrogen-bond acceptors (Lipinski definition) is 3. The highest BCUT2D eigenvalue weighted by molar-refractivity contribution is 5.00. The maximum Gasteiger partial charge on any atom is 0.0803 e. The number of nitrogens with zero attached hydrogens (tertiary/aromatic N) is 1. The highest BCUT2D eigenvalue weighted by Crippen LogP contribution is 2.34. The molecular weight excluding hydrogens is 164 g/mol. The Bertz CT molecular complexity index is 181.